The second kappa shape index (κ2) is 7.85. The SMILES string of the molecule is CC(C)C(NC(N)=O)C(=O)NC1CCCCCC1C(=O)O. The fourth-order valence-electron chi connectivity index (χ4n) is 2.74. The molecule has 5 N–H and O–H groups in total. The molecular weight excluding hydrogens is 274 g/mol. The Hall–Kier alpha value is -1.79. The van der Waals surface area contributed by atoms with Gasteiger partial charge < -0.3 is 21.5 Å². The third-order valence-electron chi connectivity index (χ3n) is 3.91. The van der Waals surface area contributed by atoms with E-state index in [1.807, 2.05) is 0 Å². The van der Waals surface area contributed by atoms with Gasteiger partial charge in [-0.15, -0.1) is 0 Å². The summed E-state index contributed by atoms with van der Waals surface area (Å²) in [6.07, 6.45) is 3.93. The highest BCUT2D eigenvalue weighted by molar-refractivity contribution is 5.87. The van der Waals surface area contributed by atoms with Gasteiger partial charge in [0.2, 0.25) is 5.91 Å². The summed E-state index contributed by atoms with van der Waals surface area (Å²) in [7, 11) is 0. The van der Waals surface area contributed by atoms with Crippen molar-refractivity contribution in [2.75, 3.05) is 0 Å². The smallest absolute Gasteiger partial charge is 0.312 e. The fraction of sp³-hybridized carbons (Fsp3) is 0.786. The van der Waals surface area contributed by atoms with Crippen molar-refractivity contribution in [1.29, 1.82) is 0 Å². The number of primary amides is 1. The van der Waals surface area contributed by atoms with Gasteiger partial charge in [-0.2, -0.15) is 0 Å². The van der Waals surface area contributed by atoms with Gasteiger partial charge in [0, 0.05) is 6.04 Å². The van der Waals surface area contributed by atoms with Gasteiger partial charge in [0.25, 0.3) is 0 Å². The van der Waals surface area contributed by atoms with Gasteiger partial charge in [-0.3, -0.25) is 9.59 Å². The number of rotatable bonds is 5. The van der Waals surface area contributed by atoms with Crippen LogP contribution in [-0.4, -0.2) is 35.1 Å². The lowest BCUT2D eigenvalue weighted by Crippen LogP contribution is -2.55. The zero-order chi connectivity index (χ0) is 16.0. The molecule has 1 rings (SSSR count). The predicted octanol–water partition coefficient (Wildman–Crippen LogP) is 0.829. The van der Waals surface area contributed by atoms with Crippen LogP contribution in [0.4, 0.5) is 4.79 Å². The van der Waals surface area contributed by atoms with Gasteiger partial charge >= 0.3 is 12.0 Å². The van der Waals surface area contributed by atoms with Crippen LogP contribution in [-0.2, 0) is 9.59 Å². The van der Waals surface area contributed by atoms with Gasteiger partial charge in [-0.05, 0) is 18.8 Å². The van der Waals surface area contributed by atoms with Crippen molar-refractivity contribution in [1.82, 2.24) is 10.6 Å². The first-order valence-electron chi connectivity index (χ1n) is 7.42. The predicted molar refractivity (Wildman–Crippen MR) is 77.5 cm³/mol. The maximum Gasteiger partial charge on any atom is 0.312 e. The molecule has 0 heterocycles. The van der Waals surface area contributed by atoms with E-state index in [1.54, 1.807) is 13.8 Å². The van der Waals surface area contributed by atoms with E-state index in [4.69, 9.17) is 5.73 Å². The molecule has 1 fully saturated rings. The molecule has 0 aromatic rings. The molecule has 0 aromatic carbocycles. The van der Waals surface area contributed by atoms with E-state index in [0.29, 0.717) is 12.8 Å². The van der Waals surface area contributed by atoms with Crippen molar-refractivity contribution in [3.8, 4) is 0 Å². The maximum atomic E-state index is 12.3. The Balaban J connectivity index is 2.76. The Morgan fingerprint density at radius 3 is 2.29 bits per heavy atom. The van der Waals surface area contributed by atoms with Gasteiger partial charge in [0.1, 0.15) is 6.04 Å². The average Bonchev–Trinajstić information content (AvgIpc) is 2.60. The van der Waals surface area contributed by atoms with E-state index < -0.39 is 30.0 Å². The summed E-state index contributed by atoms with van der Waals surface area (Å²) in [5.74, 6) is -1.96. The largest absolute Gasteiger partial charge is 0.481 e. The first-order chi connectivity index (χ1) is 9.82. The number of carbonyl (C=O) groups is 3. The summed E-state index contributed by atoms with van der Waals surface area (Å²) in [6, 6.07) is -1.91. The number of amides is 3. The number of aliphatic carboxylic acids is 1. The molecule has 0 bridgehead atoms. The first-order valence-corrected chi connectivity index (χ1v) is 7.42. The molecule has 21 heavy (non-hydrogen) atoms. The number of hydrogen-bond donors (Lipinski definition) is 4. The van der Waals surface area contributed by atoms with Gasteiger partial charge in [-0.1, -0.05) is 33.1 Å². The third-order valence-corrected chi connectivity index (χ3v) is 3.91. The molecule has 1 aliphatic rings. The van der Waals surface area contributed by atoms with E-state index in [9.17, 15) is 19.5 Å². The number of hydrogen-bond acceptors (Lipinski definition) is 3. The first kappa shape index (κ1) is 17.3. The molecule has 7 nitrogen and oxygen atoms in total. The van der Waals surface area contributed by atoms with Crippen LogP contribution < -0.4 is 16.4 Å². The topological polar surface area (TPSA) is 122 Å². The summed E-state index contributed by atoms with van der Waals surface area (Å²) >= 11 is 0. The highest BCUT2D eigenvalue weighted by Crippen LogP contribution is 2.24. The van der Waals surface area contributed by atoms with Crippen LogP contribution >= 0.6 is 0 Å². The molecule has 0 saturated heterocycles. The minimum Gasteiger partial charge on any atom is -0.481 e. The number of carboxylic acid groups (broad SMARTS) is 1. The second-order valence-electron chi connectivity index (χ2n) is 5.93. The van der Waals surface area contributed by atoms with Gasteiger partial charge in [-0.25, -0.2) is 4.79 Å². The lowest BCUT2D eigenvalue weighted by Gasteiger charge is -2.27. The van der Waals surface area contributed by atoms with Crippen molar-refractivity contribution in [3.05, 3.63) is 0 Å². The summed E-state index contributed by atoms with van der Waals surface area (Å²) in [5, 5.41) is 14.5. The number of carboxylic acids is 1. The summed E-state index contributed by atoms with van der Waals surface area (Å²) < 4.78 is 0. The van der Waals surface area contributed by atoms with Crippen molar-refractivity contribution < 1.29 is 19.5 Å². The lowest BCUT2D eigenvalue weighted by molar-refractivity contribution is -0.143. The molecule has 1 saturated carbocycles. The number of nitrogens with two attached hydrogens (primary N) is 1. The van der Waals surface area contributed by atoms with E-state index in [2.05, 4.69) is 10.6 Å². The Morgan fingerprint density at radius 1 is 1.14 bits per heavy atom. The minimum absolute atomic E-state index is 0.133. The molecule has 7 heteroatoms. The Bertz CT molecular complexity index is 398. The van der Waals surface area contributed by atoms with E-state index in [1.165, 1.54) is 0 Å². The van der Waals surface area contributed by atoms with Crippen molar-refractivity contribution in [3.63, 3.8) is 0 Å². The van der Waals surface area contributed by atoms with Crippen LogP contribution in [0.15, 0.2) is 0 Å². The molecule has 0 aliphatic heterocycles. The normalized spacial score (nSPS) is 24.0. The molecule has 3 unspecified atom stereocenters. The van der Waals surface area contributed by atoms with Crippen molar-refractivity contribution in [2.45, 2.75) is 58.0 Å². The average molecular weight is 299 g/mol. The Labute approximate surface area is 124 Å². The standard InChI is InChI=1S/C14H25N3O4/c1-8(2)11(17-14(15)21)12(18)16-10-7-5-3-4-6-9(10)13(19)20/h8-11H,3-7H2,1-2H3,(H,16,18)(H,19,20)(H3,15,17,21). The number of carbonyl (C=O) groups excluding carboxylic acids is 2. The van der Waals surface area contributed by atoms with Crippen LogP contribution in [0.2, 0.25) is 0 Å². The lowest BCUT2D eigenvalue weighted by atomic mass is 9.94. The summed E-state index contributed by atoms with van der Waals surface area (Å²) in [5.41, 5.74) is 5.08. The highest BCUT2D eigenvalue weighted by Gasteiger charge is 2.33. The zero-order valence-corrected chi connectivity index (χ0v) is 12.6. The van der Waals surface area contributed by atoms with Crippen LogP contribution in [0.1, 0.15) is 46.0 Å². The van der Waals surface area contributed by atoms with Crippen LogP contribution in [0.25, 0.3) is 0 Å². The molecule has 0 aromatic heterocycles. The fourth-order valence-corrected chi connectivity index (χ4v) is 2.74. The zero-order valence-electron chi connectivity index (χ0n) is 12.6. The van der Waals surface area contributed by atoms with E-state index in [-0.39, 0.29) is 11.8 Å². The molecular formula is C14H25N3O4. The second-order valence-corrected chi connectivity index (χ2v) is 5.93. The van der Waals surface area contributed by atoms with E-state index in [0.717, 1.165) is 19.3 Å². The molecule has 1 aliphatic carbocycles. The minimum atomic E-state index is -0.883. The molecule has 120 valence electrons. The quantitative estimate of drug-likeness (QED) is 0.562. The molecule has 3 atom stereocenters. The highest BCUT2D eigenvalue weighted by atomic mass is 16.4. The molecule has 0 radical (unpaired) electrons. The Morgan fingerprint density at radius 2 is 1.76 bits per heavy atom. The number of urea groups is 1. The number of nitrogens with one attached hydrogen (secondary N) is 2. The maximum absolute atomic E-state index is 12.3. The Kier molecular flexibility index (Phi) is 6.45. The van der Waals surface area contributed by atoms with Crippen molar-refractivity contribution >= 4 is 17.9 Å². The molecule has 3 amide bonds. The van der Waals surface area contributed by atoms with Crippen LogP contribution in [0.5, 0.6) is 0 Å². The van der Waals surface area contributed by atoms with Crippen molar-refractivity contribution in [2.24, 2.45) is 17.6 Å². The third kappa shape index (κ3) is 5.24. The summed E-state index contributed by atoms with van der Waals surface area (Å²) in [4.78, 5) is 34.6. The summed E-state index contributed by atoms with van der Waals surface area (Å²) in [6.45, 7) is 3.59. The monoisotopic (exact) mass is 299 g/mol. The van der Waals surface area contributed by atoms with Crippen LogP contribution in [0, 0.1) is 11.8 Å². The van der Waals surface area contributed by atoms with Crippen LogP contribution in [0.3, 0.4) is 0 Å². The molecule has 0 spiro atoms. The van der Waals surface area contributed by atoms with Gasteiger partial charge in [0.15, 0.2) is 0 Å². The van der Waals surface area contributed by atoms with Gasteiger partial charge in [0.05, 0.1) is 5.92 Å². The van der Waals surface area contributed by atoms with E-state index >= 15 is 0 Å².